The Morgan fingerprint density at radius 2 is 2.17 bits per heavy atom. The summed E-state index contributed by atoms with van der Waals surface area (Å²) < 4.78 is 5.38. The van der Waals surface area contributed by atoms with Crippen molar-refractivity contribution in [2.24, 2.45) is 5.92 Å². The van der Waals surface area contributed by atoms with Crippen molar-refractivity contribution < 1.29 is 9.53 Å². The molecule has 0 saturated carbocycles. The van der Waals surface area contributed by atoms with E-state index in [0.29, 0.717) is 6.04 Å². The molecular formula is C15H21NO2. The SMILES string of the molecule is CC(CN(C)C1CCOC1)C(=O)c1ccccc1. The highest BCUT2D eigenvalue weighted by Crippen LogP contribution is 2.15. The lowest BCUT2D eigenvalue weighted by Crippen LogP contribution is -2.37. The lowest BCUT2D eigenvalue weighted by molar-refractivity contribution is 0.0877. The Bertz CT molecular complexity index is 385. The van der Waals surface area contributed by atoms with Gasteiger partial charge in [-0.2, -0.15) is 0 Å². The van der Waals surface area contributed by atoms with Gasteiger partial charge in [0.15, 0.2) is 5.78 Å². The molecule has 1 heterocycles. The number of ketones is 1. The second kappa shape index (κ2) is 6.12. The minimum atomic E-state index is 0.0259. The van der Waals surface area contributed by atoms with Crippen LogP contribution in [-0.2, 0) is 4.74 Å². The molecule has 0 amide bonds. The fraction of sp³-hybridized carbons (Fsp3) is 0.533. The van der Waals surface area contributed by atoms with E-state index in [1.165, 1.54) is 0 Å². The van der Waals surface area contributed by atoms with E-state index in [9.17, 15) is 4.79 Å². The van der Waals surface area contributed by atoms with Crippen molar-refractivity contribution >= 4 is 5.78 Å². The van der Waals surface area contributed by atoms with Crippen molar-refractivity contribution in [3.8, 4) is 0 Å². The quantitative estimate of drug-likeness (QED) is 0.747. The fourth-order valence-electron chi connectivity index (χ4n) is 2.42. The molecule has 0 aliphatic carbocycles. The van der Waals surface area contributed by atoms with Crippen LogP contribution in [0.2, 0.25) is 0 Å². The van der Waals surface area contributed by atoms with Crippen LogP contribution in [0.15, 0.2) is 30.3 Å². The lowest BCUT2D eigenvalue weighted by Gasteiger charge is -2.25. The highest BCUT2D eigenvalue weighted by Gasteiger charge is 2.24. The summed E-state index contributed by atoms with van der Waals surface area (Å²) in [7, 11) is 2.08. The van der Waals surface area contributed by atoms with E-state index >= 15 is 0 Å². The molecule has 1 fully saturated rings. The topological polar surface area (TPSA) is 29.5 Å². The molecule has 0 radical (unpaired) electrons. The summed E-state index contributed by atoms with van der Waals surface area (Å²) in [6.45, 7) is 4.43. The molecule has 0 bridgehead atoms. The van der Waals surface area contributed by atoms with Gasteiger partial charge in [0.25, 0.3) is 0 Å². The molecule has 1 saturated heterocycles. The number of carbonyl (C=O) groups is 1. The first-order valence-corrected chi connectivity index (χ1v) is 6.55. The minimum absolute atomic E-state index is 0.0259. The molecular weight excluding hydrogens is 226 g/mol. The standard InChI is InChI=1S/C15H21NO2/c1-12(10-16(2)14-8-9-18-11-14)15(17)13-6-4-3-5-7-13/h3-7,12,14H,8-11H2,1-2H3. The Morgan fingerprint density at radius 3 is 2.78 bits per heavy atom. The normalized spacial score (nSPS) is 21.2. The molecule has 2 rings (SSSR count). The molecule has 0 spiro atoms. The second-order valence-electron chi connectivity index (χ2n) is 5.09. The Kier molecular flexibility index (Phi) is 4.50. The van der Waals surface area contributed by atoms with Crippen LogP contribution in [0.4, 0.5) is 0 Å². The van der Waals surface area contributed by atoms with Gasteiger partial charge in [0, 0.05) is 30.7 Å². The molecule has 1 aromatic carbocycles. The number of rotatable bonds is 5. The van der Waals surface area contributed by atoms with Crippen LogP contribution in [0.5, 0.6) is 0 Å². The summed E-state index contributed by atoms with van der Waals surface area (Å²) in [5.74, 6) is 0.249. The van der Waals surface area contributed by atoms with Crippen molar-refractivity contribution in [2.45, 2.75) is 19.4 Å². The van der Waals surface area contributed by atoms with Crippen molar-refractivity contribution in [1.29, 1.82) is 0 Å². The zero-order chi connectivity index (χ0) is 13.0. The van der Waals surface area contributed by atoms with Gasteiger partial charge in [-0.15, -0.1) is 0 Å². The van der Waals surface area contributed by atoms with E-state index in [1.807, 2.05) is 37.3 Å². The van der Waals surface area contributed by atoms with Gasteiger partial charge >= 0.3 is 0 Å². The van der Waals surface area contributed by atoms with Crippen LogP contribution in [0, 0.1) is 5.92 Å². The second-order valence-corrected chi connectivity index (χ2v) is 5.09. The zero-order valence-corrected chi connectivity index (χ0v) is 11.1. The number of Topliss-reactive ketones (excluding diaryl/α,β-unsaturated/α-hetero) is 1. The number of hydrogen-bond acceptors (Lipinski definition) is 3. The van der Waals surface area contributed by atoms with Gasteiger partial charge in [0.1, 0.15) is 0 Å². The molecule has 0 aromatic heterocycles. The summed E-state index contributed by atoms with van der Waals surface area (Å²) in [5.41, 5.74) is 0.807. The molecule has 2 unspecified atom stereocenters. The molecule has 1 aromatic rings. The third-order valence-electron chi connectivity index (χ3n) is 3.60. The molecule has 1 aliphatic rings. The third-order valence-corrected chi connectivity index (χ3v) is 3.60. The molecule has 18 heavy (non-hydrogen) atoms. The fourth-order valence-corrected chi connectivity index (χ4v) is 2.42. The van der Waals surface area contributed by atoms with Crippen molar-refractivity contribution in [3.05, 3.63) is 35.9 Å². The minimum Gasteiger partial charge on any atom is -0.380 e. The number of likely N-dealkylation sites (N-methyl/N-ethyl adjacent to an activating group) is 1. The summed E-state index contributed by atoms with van der Waals surface area (Å²) in [6.07, 6.45) is 1.07. The predicted molar refractivity (Wildman–Crippen MR) is 71.8 cm³/mol. The number of nitrogens with zero attached hydrogens (tertiary/aromatic N) is 1. The number of ether oxygens (including phenoxy) is 1. The monoisotopic (exact) mass is 247 g/mol. The molecule has 2 atom stereocenters. The largest absolute Gasteiger partial charge is 0.380 e. The molecule has 98 valence electrons. The van der Waals surface area contributed by atoms with Gasteiger partial charge in [0.2, 0.25) is 0 Å². The average molecular weight is 247 g/mol. The van der Waals surface area contributed by atoms with Crippen LogP contribution in [0.3, 0.4) is 0 Å². The first-order chi connectivity index (χ1) is 8.68. The maximum absolute atomic E-state index is 12.2. The maximum atomic E-state index is 12.2. The smallest absolute Gasteiger partial charge is 0.166 e. The van der Waals surface area contributed by atoms with Gasteiger partial charge in [-0.3, -0.25) is 4.79 Å². The number of benzene rings is 1. The Hall–Kier alpha value is -1.19. The van der Waals surface area contributed by atoms with Gasteiger partial charge in [-0.05, 0) is 13.5 Å². The van der Waals surface area contributed by atoms with Gasteiger partial charge in [0.05, 0.1) is 6.61 Å². The molecule has 3 nitrogen and oxygen atoms in total. The van der Waals surface area contributed by atoms with Crippen molar-refractivity contribution in [3.63, 3.8) is 0 Å². The Balaban J connectivity index is 1.91. The third kappa shape index (κ3) is 3.18. The summed E-state index contributed by atoms with van der Waals surface area (Å²) in [4.78, 5) is 14.5. The van der Waals surface area contributed by atoms with E-state index in [4.69, 9.17) is 4.74 Å². The molecule has 0 N–H and O–H groups in total. The van der Waals surface area contributed by atoms with Gasteiger partial charge in [-0.25, -0.2) is 0 Å². The Morgan fingerprint density at radius 1 is 1.44 bits per heavy atom. The van der Waals surface area contributed by atoms with Crippen LogP contribution in [0.1, 0.15) is 23.7 Å². The molecule has 1 aliphatic heterocycles. The van der Waals surface area contributed by atoms with Gasteiger partial charge in [-0.1, -0.05) is 37.3 Å². The predicted octanol–water partition coefficient (Wildman–Crippen LogP) is 2.23. The first kappa shape index (κ1) is 13.2. The van der Waals surface area contributed by atoms with E-state index < -0.39 is 0 Å². The van der Waals surface area contributed by atoms with Crippen molar-refractivity contribution in [1.82, 2.24) is 4.90 Å². The summed E-state index contributed by atoms with van der Waals surface area (Å²) in [6, 6.07) is 10.00. The van der Waals surface area contributed by atoms with E-state index in [-0.39, 0.29) is 11.7 Å². The van der Waals surface area contributed by atoms with Crippen LogP contribution in [-0.4, -0.2) is 43.5 Å². The number of hydrogen-bond donors (Lipinski definition) is 0. The van der Waals surface area contributed by atoms with Crippen LogP contribution >= 0.6 is 0 Å². The van der Waals surface area contributed by atoms with Gasteiger partial charge < -0.3 is 9.64 Å². The highest BCUT2D eigenvalue weighted by molar-refractivity contribution is 5.97. The average Bonchev–Trinajstić information content (AvgIpc) is 2.92. The first-order valence-electron chi connectivity index (χ1n) is 6.55. The number of carbonyl (C=O) groups excluding carboxylic acids is 1. The van der Waals surface area contributed by atoms with E-state index in [0.717, 1.165) is 31.7 Å². The lowest BCUT2D eigenvalue weighted by atomic mass is 9.98. The molecule has 3 heteroatoms. The van der Waals surface area contributed by atoms with E-state index in [1.54, 1.807) is 0 Å². The highest BCUT2D eigenvalue weighted by atomic mass is 16.5. The Labute approximate surface area is 109 Å². The van der Waals surface area contributed by atoms with Crippen LogP contribution < -0.4 is 0 Å². The van der Waals surface area contributed by atoms with Crippen LogP contribution in [0.25, 0.3) is 0 Å². The maximum Gasteiger partial charge on any atom is 0.166 e. The summed E-state index contributed by atoms with van der Waals surface area (Å²) >= 11 is 0. The zero-order valence-electron chi connectivity index (χ0n) is 11.1. The van der Waals surface area contributed by atoms with E-state index in [2.05, 4.69) is 11.9 Å². The summed E-state index contributed by atoms with van der Waals surface area (Å²) in [5, 5.41) is 0. The van der Waals surface area contributed by atoms with Crippen molar-refractivity contribution in [2.75, 3.05) is 26.8 Å².